The molecule has 0 aromatic carbocycles. The van der Waals surface area contributed by atoms with Gasteiger partial charge in [-0.05, 0) is 18.9 Å². The van der Waals surface area contributed by atoms with Crippen LogP contribution in [0.1, 0.15) is 18.5 Å². The number of aliphatic imine (C=N–C) groups is 1. The molecule has 1 aliphatic heterocycles. The van der Waals surface area contributed by atoms with Gasteiger partial charge in [0.25, 0.3) is 0 Å². The number of nitrogens with zero attached hydrogens (tertiary/aromatic N) is 3. The molecule has 0 saturated carbocycles. The van der Waals surface area contributed by atoms with Gasteiger partial charge < -0.3 is 15.8 Å². The highest BCUT2D eigenvalue weighted by Crippen LogP contribution is 2.10. The minimum Gasteiger partial charge on any atom is -0.376 e. The van der Waals surface area contributed by atoms with Gasteiger partial charge in [-0.25, -0.2) is 4.99 Å². The van der Waals surface area contributed by atoms with E-state index in [1.165, 1.54) is 0 Å². The van der Waals surface area contributed by atoms with Gasteiger partial charge in [-0.15, -0.1) is 24.0 Å². The molecular formula is C11H20IN5O. The Bertz CT molecular complexity index is 387. The minimum atomic E-state index is 0. The zero-order chi connectivity index (χ0) is 12.1. The van der Waals surface area contributed by atoms with Crippen molar-refractivity contribution in [3.63, 3.8) is 0 Å². The summed E-state index contributed by atoms with van der Waals surface area (Å²) in [6, 6.07) is 1.93. The summed E-state index contributed by atoms with van der Waals surface area (Å²) < 4.78 is 7.23. The van der Waals surface area contributed by atoms with E-state index in [4.69, 9.17) is 10.5 Å². The van der Waals surface area contributed by atoms with E-state index >= 15 is 0 Å². The van der Waals surface area contributed by atoms with E-state index in [-0.39, 0.29) is 30.1 Å². The highest BCUT2D eigenvalue weighted by Gasteiger charge is 2.14. The van der Waals surface area contributed by atoms with Gasteiger partial charge in [0.2, 0.25) is 0 Å². The van der Waals surface area contributed by atoms with E-state index in [9.17, 15) is 0 Å². The highest BCUT2D eigenvalue weighted by molar-refractivity contribution is 14.0. The molecule has 6 nitrogen and oxygen atoms in total. The molecule has 1 aromatic rings. The standard InChI is InChI=1S/C11H19N5O.HI/c1-16-5-4-9(15-16)7-13-11(12)14-8-10-3-2-6-17-10;/h4-5,10H,2-3,6-8H2,1H3,(H3,12,13,14);1H. The van der Waals surface area contributed by atoms with E-state index in [1.54, 1.807) is 4.68 Å². The first kappa shape index (κ1) is 15.2. The Morgan fingerprint density at radius 2 is 2.56 bits per heavy atom. The quantitative estimate of drug-likeness (QED) is 0.466. The predicted octanol–water partition coefficient (Wildman–Crippen LogP) is 0.621. The molecule has 1 unspecified atom stereocenters. The van der Waals surface area contributed by atoms with Crippen LogP contribution in [0.4, 0.5) is 0 Å². The zero-order valence-corrected chi connectivity index (χ0v) is 12.8. The molecule has 7 heteroatoms. The molecular weight excluding hydrogens is 345 g/mol. The number of rotatable bonds is 4. The van der Waals surface area contributed by atoms with Crippen LogP contribution in [0, 0.1) is 0 Å². The molecule has 1 atom stereocenters. The Hall–Kier alpha value is -0.830. The average molecular weight is 365 g/mol. The Kier molecular flexibility index (Phi) is 6.41. The molecule has 0 amide bonds. The number of guanidine groups is 1. The van der Waals surface area contributed by atoms with Crippen LogP contribution in [-0.2, 0) is 18.3 Å². The van der Waals surface area contributed by atoms with Crippen molar-refractivity contribution in [3.05, 3.63) is 18.0 Å². The summed E-state index contributed by atoms with van der Waals surface area (Å²) in [4.78, 5) is 4.22. The fourth-order valence-electron chi connectivity index (χ4n) is 1.79. The lowest BCUT2D eigenvalue weighted by atomic mass is 10.2. The van der Waals surface area contributed by atoms with E-state index in [1.807, 2.05) is 19.3 Å². The van der Waals surface area contributed by atoms with Crippen LogP contribution in [0.15, 0.2) is 17.3 Å². The number of ether oxygens (including phenoxy) is 1. The first-order valence-corrected chi connectivity index (χ1v) is 5.88. The molecule has 1 fully saturated rings. The molecule has 0 radical (unpaired) electrons. The monoisotopic (exact) mass is 365 g/mol. The van der Waals surface area contributed by atoms with E-state index in [2.05, 4.69) is 15.4 Å². The summed E-state index contributed by atoms with van der Waals surface area (Å²) in [7, 11) is 1.88. The Morgan fingerprint density at radius 3 is 3.17 bits per heavy atom. The van der Waals surface area contributed by atoms with Crippen LogP contribution >= 0.6 is 24.0 Å². The molecule has 0 bridgehead atoms. The number of aromatic nitrogens is 2. The SMILES string of the molecule is Cn1ccc(CN=C(N)NCC2CCCO2)n1.I. The molecule has 18 heavy (non-hydrogen) atoms. The lowest BCUT2D eigenvalue weighted by Crippen LogP contribution is -2.37. The van der Waals surface area contributed by atoms with Crippen molar-refractivity contribution in [2.24, 2.45) is 17.8 Å². The Balaban J connectivity index is 0.00000162. The smallest absolute Gasteiger partial charge is 0.189 e. The molecule has 1 saturated heterocycles. The van der Waals surface area contributed by atoms with Crippen LogP contribution in [0.3, 0.4) is 0 Å². The topological polar surface area (TPSA) is 77.5 Å². The van der Waals surface area contributed by atoms with Crippen molar-refractivity contribution < 1.29 is 4.74 Å². The first-order valence-electron chi connectivity index (χ1n) is 5.88. The first-order chi connectivity index (χ1) is 8.24. The summed E-state index contributed by atoms with van der Waals surface area (Å²) >= 11 is 0. The molecule has 3 N–H and O–H groups in total. The molecule has 0 aliphatic carbocycles. The van der Waals surface area contributed by atoms with Gasteiger partial charge in [0.15, 0.2) is 5.96 Å². The average Bonchev–Trinajstić information content (AvgIpc) is 2.95. The Morgan fingerprint density at radius 1 is 1.72 bits per heavy atom. The Labute approximate surface area is 124 Å². The third-order valence-corrected chi connectivity index (χ3v) is 2.72. The van der Waals surface area contributed by atoms with Gasteiger partial charge >= 0.3 is 0 Å². The fourth-order valence-corrected chi connectivity index (χ4v) is 1.79. The number of nitrogens with one attached hydrogen (secondary N) is 1. The van der Waals surface area contributed by atoms with E-state index in [0.29, 0.717) is 12.5 Å². The number of hydrogen-bond acceptors (Lipinski definition) is 3. The second-order valence-electron chi connectivity index (χ2n) is 4.20. The number of aryl methyl sites for hydroxylation is 1. The highest BCUT2D eigenvalue weighted by atomic mass is 127. The second-order valence-corrected chi connectivity index (χ2v) is 4.20. The van der Waals surface area contributed by atoms with Gasteiger partial charge in [-0.3, -0.25) is 4.68 Å². The van der Waals surface area contributed by atoms with Crippen molar-refractivity contribution in [2.75, 3.05) is 13.2 Å². The van der Waals surface area contributed by atoms with Gasteiger partial charge in [0.1, 0.15) is 0 Å². The minimum absolute atomic E-state index is 0. The summed E-state index contributed by atoms with van der Waals surface area (Å²) in [5, 5.41) is 7.29. The summed E-state index contributed by atoms with van der Waals surface area (Å²) in [5.41, 5.74) is 6.67. The van der Waals surface area contributed by atoms with Gasteiger partial charge in [-0.1, -0.05) is 0 Å². The molecule has 0 spiro atoms. The second kappa shape index (κ2) is 7.57. The van der Waals surface area contributed by atoms with Gasteiger partial charge in [0.05, 0.1) is 18.3 Å². The number of nitrogens with two attached hydrogens (primary N) is 1. The molecule has 1 aliphatic rings. The van der Waals surface area contributed by atoms with Crippen LogP contribution in [-0.4, -0.2) is 35.0 Å². The summed E-state index contributed by atoms with van der Waals surface area (Å²) in [6.45, 7) is 2.10. The predicted molar refractivity (Wildman–Crippen MR) is 80.9 cm³/mol. The maximum Gasteiger partial charge on any atom is 0.189 e. The van der Waals surface area contributed by atoms with Crippen molar-refractivity contribution in [1.29, 1.82) is 0 Å². The molecule has 1 aromatic heterocycles. The fraction of sp³-hybridized carbons (Fsp3) is 0.636. The van der Waals surface area contributed by atoms with E-state index in [0.717, 1.165) is 31.7 Å². The van der Waals surface area contributed by atoms with Crippen LogP contribution in [0.25, 0.3) is 0 Å². The van der Waals surface area contributed by atoms with Crippen molar-refractivity contribution in [1.82, 2.24) is 15.1 Å². The third kappa shape index (κ3) is 4.81. The maximum absolute atomic E-state index is 5.76. The number of halogens is 1. The summed E-state index contributed by atoms with van der Waals surface area (Å²) in [6.07, 6.45) is 4.40. The zero-order valence-electron chi connectivity index (χ0n) is 10.5. The molecule has 2 heterocycles. The molecule has 102 valence electrons. The largest absolute Gasteiger partial charge is 0.376 e. The van der Waals surface area contributed by atoms with Gasteiger partial charge in [0, 0.05) is 26.4 Å². The normalized spacial score (nSPS) is 19.6. The van der Waals surface area contributed by atoms with Crippen LogP contribution < -0.4 is 11.1 Å². The summed E-state index contributed by atoms with van der Waals surface area (Å²) in [5.74, 6) is 0.450. The van der Waals surface area contributed by atoms with E-state index < -0.39 is 0 Å². The molecule has 2 rings (SSSR count). The van der Waals surface area contributed by atoms with Crippen molar-refractivity contribution in [2.45, 2.75) is 25.5 Å². The van der Waals surface area contributed by atoms with Crippen molar-refractivity contribution in [3.8, 4) is 0 Å². The van der Waals surface area contributed by atoms with Crippen LogP contribution in [0.5, 0.6) is 0 Å². The van der Waals surface area contributed by atoms with Crippen LogP contribution in [0.2, 0.25) is 0 Å². The lowest BCUT2D eigenvalue weighted by molar-refractivity contribution is 0.114. The lowest BCUT2D eigenvalue weighted by Gasteiger charge is -2.10. The third-order valence-electron chi connectivity index (χ3n) is 2.72. The van der Waals surface area contributed by atoms with Gasteiger partial charge in [-0.2, -0.15) is 5.10 Å². The maximum atomic E-state index is 5.76. The van der Waals surface area contributed by atoms with Crippen molar-refractivity contribution >= 4 is 29.9 Å². The number of hydrogen-bond donors (Lipinski definition) is 2.